The van der Waals surface area contributed by atoms with Crippen LogP contribution in [-0.4, -0.2) is 11.4 Å². The Hall–Kier alpha value is -0.590. The maximum Gasteiger partial charge on any atom is 0.117 e. The van der Waals surface area contributed by atoms with E-state index in [1.807, 2.05) is 0 Å². The summed E-state index contributed by atoms with van der Waals surface area (Å²) in [5, 5.41) is 1.15. The van der Waals surface area contributed by atoms with E-state index in [0.717, 1.165) is 24.9 Å². The van der Waals surface area contributed by atoms with Gasteiger partial charge in [0.05, 0.1) is 0 Å². The summed E-state index contributed by atoms with van der Waals surface area (Å²) >= 11 is 12.7. The quantitative estimate of drug-likeness (QED) is 0.523. The van der Waals surface area contributed by atoms with Gasteiger partial charge >= 0.3 is 0 Å². The van der Waals surface area contributed by atoms with Crippen LogP contribution in [0.5, 0.6) is 0 Å². The van der Waals surface area contributed by atoms with Gasteiger partial charge < -0.3 is 0 Å². The summed E-state index contributed by atoms with van der Waals surface area (Å²) in [6.07, 6.45) is 0. The van der Waals surface area contributed by atoms with Crippen LogP contribution in [0.1, 0.15) is 43.4 Å². The van der Waals surface area contributed by atoms with Crippen molar-refractivity contribution >= 4 is 34.4 Å². The van der Waals surface area contributed by atoms with E-state index in [-0.39, 0.29) is 0 Å². The number of benzene rings is 2. The molecule has 0 atom stereocenters. The average molecular weight is 368 g/mol. The zero-order chi connectivity index (χ0) is 16.8. The van der Waals surface area contributed by atoms with Gasteiger partial charge in [-0.3, -0.25) is 4.90 Å². The molecular weight excluding hydrogens is 344 g/mol. The van der Waals surface area contributed by atoms with Crippen molar-refractivity contribution in [2.24, 2.45) is 0 Å². The monoisotopic (exact) mass is 367 g/mol. The summed E-state index contributed by atoms with van der Waals surface area (Å²) in [7, 11) is 0. The first-order chi connectivity index (χ1) is 11.0. The fourth-order valence-electron chi connectivity index (χ4n) is 2.77. The van der Waals surface area contributed by atoms with E-state index < -0.39 is 6.63 Å². The molecule has 0 saturated carbocycles. The molecule has 0 aliphatic heterocycles. The third kappa shape index (κ3) is 5.19. The predicted molar refractivity (Wildman–Crippen MR) is 105 cm³/mol. The molecule has 0 fully saturated rings. The highest BCUT2D eigenvalue weighted by Crippen LogP contribution is 2.48. The standard InChI is InChI=1S/C19H24Cl2NP/c1-4-22(13-16-9-6-5-7-10-16)14-17-11-8-12-18(15(2)3)19(17)23(20)21/h5-12,15H,4,13-14H2,1-3H3. The van der Waals surface area contributed by atoms with Crippen LogP contribution in [0, 0.1) is 0 Å². The molecule has 4 heteroatoms. The molecule has 0 bridgehead atoms. The smallest absolute Gasteiger partial charge is 0.117 e. The third-order valence-electron chi connectivity index (χ3n) is 4.03. The summed E-state index contributed by atoms with van der Waals surface area (Å²) in [6, 6.07) is 17.0. The maximum atomic E-state index is 6.36. The molecule has 0 aliphatic carbocycles. The zero-order valence-electron chi connectivity index (χ0n) is 14.0. The molecule has 0 radical (unpaired) electrons. The highest BCUT2D eigenvalue weighted by atomic mass is 35.9. The van der Waals surface area contributed by atoms with E-state index >= 15 is 0 Å². The van der Waals surface area contributed by atoms with Crippen molar-refractivity contribution in [3.63, 3.8) is 0 Å². The SMILES string of the molecule is CCN(Cc1ccccc1)Cc1cccc(C(C)C)c1P(Cl)Cl. The van der Waals surface area contributed by atoms with Crippen LogP contribution in [0.15, 0.2) is 48.5 Å². The molecule has 2 aromatic rings. The van der Waals surface area contributed by atoms with Gasteiger partial charge in [0.1, 0.15) is 6.63 Å². The van der Waals surface area contributed by atoms with Crippen LogP contribution in [-0.2, 0) is 13.1 Å². The molecule has 0 spiro atoms. The second-order valence-electron chi connectivity index (χ2n) is 6.03. The molecule has 0 saturated heterocycles. The minimum atomic E-state index is -1.15. The molecule has 0 N–H and O–H groups in total. The maximum absolute atomic E-state index is 6.36. The number of hydrogen-bond acceptors (Lipinski definition) is 1. The normalized spacial score (nSPS) is 11.7. The van der Waals surface area contributed by atoms with Gasteiger partial charge in [0.2, 0.25) is 0 Å². The van der Waals surface area contributed by atoms with Crippen molar-refractivity contribution in [3.05, 3.63) is 65.2 Å². The lowest BCUT2D eigenvalue weighted by Crippen LogP contribution is -2.26. The highest BCUT2D eigenvalue weighted by molar-refractivity contribution is 8.09. The summed E-state index contributed by atoms with van der Waals surface area (Å²) in [5.41, 5.74) is 3.86. The van der Waals surface area contributed by atoms with Gasteiger partial charge in [0.15, 0.2) is 0 Å². The van der Waals surface area contributed by atoms with Gasteiger partial charge in [0, 0.05) is 18.4 Å². The Morgan fingerprint density at radius 1 is 0.957 bits per heavy atom. The molecule has 0 unspecified atom stereocenters. The van der Waals surface area contributed by atoms with Crippen molar-refractivity contribution in [2.75, 3.05) is 6.54 Å². The minimum absolute atomic E-state index is 0.427. The Morgan fingerprint density at radius 3 is 2.22 bits per heavy atom. The average Bonchev–Trinajstić information content (AvgIpc) is 2.54. The molecule has 0 aliphatic rings. The Morgan fingerprint density at radius 2 is 1.65 bits per heavy atom. The third-order valence-corrected chi connectivity index (χ3v) is 5.93. The molecule has 1 nitrogen and oxygen atoms in total. The van der Waals surface area contributed by atoms with Crippen LogP contribution in [0.3, 0.4) is 0 Å². The van der Waals surface area contributed by atoms with Crippen LogP contribution in [0.25, 0.3) is 0 Å². The largest absolute Gasteiger partial charge is 0.295 e. The van der Waals surface area contributed by atoms with Crippen molar-refractivity contribution in [2.45, 2.75) is 39.8 Å². The van der Waals surface area contributed by atoms with Crippen LogP contribution in [0.2, 0.25) is 0 Å². The second kappa shape index (κ2) is 9.04. The summed E-state index contributed by atoms with van der Waals surface area (Å²) in [4.78, 5) is 2.42. The number of nitrogens with zero attached hydrogens (tertiary/aromatic N) is 1. The van der Waals surface area contributed by atoms with Gasteiger partial charge in [-0.2, -0.15) is 0 Å². The van der Waals surface area contributed by atoms with E-state index in [4.69, 9.17) is 22.5 Å². The Balaban J connectivity index is 2.25. The fourth-order valence-corrected chi connectivity index (χ4v) is 4.90. The first kappa shape index (κ1) is 18.7. The molecule has 2 rings (SSSR count). The lowest BCUT2D eigenvalue weighted by atomic mass is 10.0. The van der Waals surface area contributed by atoms with Gasteiger partial charge in [-0.05, 0) is 29.2 Å². The topological polar surface area (TPSA) is 3.24 Å². The van der Waals surface area contributed by atoms with E-state index in [9.17, 15) is 0 Å². The van der Waals surface area contributed by atoms with Crippen LogP contribution in [0.4, 0.5) is 0 Å². The molecule has 0 heterocycles. The minimum Gasteiger partial charge on any atom is -0.295 e. The summed E-state index contributed by atoms with van der Waals surface area (Å²) < 4.78 is 0. The first-order valence-corrected chi connectivity index (χ1v) is 11.2. The van der Waals surface area contributed by atoms with Gasteiger partial charge in [-0.25, -0.2) is 0 Å². The Labute approximate surface area is 150 Å². The molecule has 2 aromatic carbocycles. The van der Waals surface area contributed by atoms with E-state index in [1.54, 1.807) is 0 Å². The van der Waals surface area contributed by atoms with Crippen molar-refractivity contribution in [1.29, 1.82) is 0 Å². The molecule has 0 amide bonds. The van der Waals surface area contributed by atoms with E-state index in [2.05, 4.69) is 74.2 Å². The van der Waals surface area contributed by atoms with Gasteiger partial charge in [-0.15, -0.1) is 0 Å². The molecule has 0 aromatic heterocycles. The van der Waals surface area contributed by atoms with Crippen LogP contribution >= 0.6 is 29.1 Å². The number of hydrogen-bond donors (Lipinski definition) is 0. The first-order valence-electron chi connectivity index (χ1n) is 8.02. The predicted octanol–water partition coefficient (Wildman–Crippen LogP) is 6.25. The second-order valence-corrected chi connectivity index (χ2v) is 9.49. The number of halogens is 2. The van der Waals surface area contributed by atoms with Gasteiger partial charge in [0.25, 0.3) is 0 Å². The van der Waals surface area contributed by atoms with Gasteiger partial charge in [-0.1, -0.05) is 91.8 Å². The zero-order valence-corrected chi connectivity index (χ0v) is 16.4. The summed E-state index contributed by atoms with van der Waals surface area (Å²) in [6.45, 7) is 8.23. The van der Waals surface area contributed by atoms with Crippen molar-refractivity contribution in [1.82, 2.24) is 4.90 Å². The molecule has 23 heavy (non-hydrogen) atoms. The Bertz CT molecular complexity index is 614. The molecular formula is C19H24Cl2NP. The lowest BCUT2D eigenvalue weighted by molar-refractivity contribution is 0.272. The Kier molecular flexibility index (Phi) is 7.37. The van der Waals surface area contributed by atoms with E-state index in [1.165, 1.54) is 16.7 Å². The van der Waals surface area contributed by atoms with Crippen molar-refractivity contribution in [3.8, 4) is 0 Å². The van der Waals surface area contributed by atoms with Crippen molar-refractivity contribution < 1.29 is 0 Å². The lowest BCUT2D eigenvalue weighted by Gasteiger charge is -2.24. The van der Waals surface area contributed by atoms with Crippen LogP contribution < -0.4 is 5.30 Å². The fraction of sp³-hybridized carbons (Fsp3) is 0.368. The van der Waals surface area contributed by atoms with E-state index in [0.29, 0.717) is 5.92 Å². The highest BCUT2D eigenvalue weighted by Gasteiger charge is 2.18. The summed E-state index contributed by atoms with van der Waals surface area (Å²) in [5.74, 6) is 0.427. The number of rotatable bonds is 7. The molecule has 124 valence electrons.